The van der Waals surface area contributed by atoms with Crippen LogP contribution in [0.4, 0.5) is 5.69 Å². The number of anilines is 1. The Bertz CT molecular complexity index is 594. The molecule has 2 aromatic carbocycles. The predicted octanol–water partition coefficient (Wildman–Crippen LogP) is 3.36. The Labute approximate surface area is 117 Å². The Morgan fingerprint density at radius 1 is 1.21 bits per heavy atom. The van der Waals surface area contributed by atoms with Crippen molar-refractivity contribution in [2.45, 2.75) is 6.42 Å². The molecular formula is C15H14ClNO2. The molecule has 0 aliphatic carbocycles. The van der Waals surface area contributed by atoms with Gasteiger partial charge in [-0.3, -0.25) is 4.79 Å². The SMILES string of the molecule is COc1ccc(C(=O)Cc2ccc(Cl)cc2)c(N)c1. The molecule has 0 fully saturated rings. The van der Waals surface area contributed by atoms with Crippen molar-refractivity contribution in [2.75, 3.05) is 12.8 Å². The molecule has 0 bridgehead atoms. The molecule has 0 aliphatic rings. The van der Waals surface area contributed by atoms with Gasteiger partial charge in [0, 0.05) is 28.8 Å². The summed E-state index contributed by atoms with van der Waals surface area (Å²) in [6.07, 6.45) is 0.299. The van der Waals surface area contributed by atoms with Crippen molar-refractivity contribution in [3.63, 3.8) is 0 Å². The number of benzene rings is 2. The van der Waals surface area contributed by atoms with E-state index in [4.69, 9.17) is 22.1 Å². The number of methoxy groups -OCH3 is 1. The third-order valence-electron chi connectivity index (χ3n) is 2.84. The molecule has 0 saturated carbocycles. The van der Waals surface area contributed by atoms with Crippen LogP contribution in [-0.2, 0) is 6.42 Å². The molecule has 0 atom stereocenters. The van der Waals surface area contributed by atoms with E-state index in [-0.39, 0.29) is 5.78 Å². The number of rotatable bonds is 4. The van der Waals surface area contributed by atoms with Crippen molar-refractivity contribution in [3.05, 3.63) is 58.6 Å². The number of hydrogen-bond acceptors (Lipinski definition) is 3. The van der Waals surface area contributed by atoms with Gasteiger partial charge in [0.2, 0.25) is 0 Å². The third-order valence-corrected chi connectivity index (χ3v) is 3.09. The molecule has 2 rings (SSSR count). The van der Waals surface area contributed by atoms with Gasteiger partial charge in [0.15, 0.2) is 5.78 Å². The van der Waals surface area contributed by atoms with E-state index in [2.05, 4.69) is 0 Å². The first-order valence-electron chi connectivity index (χ1n) is 5.81. The average Bonchev–Trinajstić information content (AvgIpc) is 2.41. The molecule has 98 valence electrons. The summed E-state index contributed by atoms with van der Waals surface area (Å²) in [6, 6.07) is 12.3. The number of ether oxygens (including phenoxy) is 1. The Kier molecular flexibility index (Phi) is 4.07. The third kappa shape index (κ3) is 3.26. The summed E-state index contributed by atoms with van der Waals surface area (Å²) in [4.78, 5) is 12.2. The van der Waals surface area contributed by atoms with Gasteiger partial charge in [-0.2, -0.15) is 0 Å². The lowest BCUT2D eigenvalue weighted by Crippen LogP contribution is -2.07. The fourth-order valence-electron chi connectivity index (χ4n) is 1.80. The predicted molar refractivity (Wildman–Crippen MR) is 76.9 cm³/mol. The molecule has 0 heterocycles. The minimum absolute atomic E-state index is 0.0255. The summed E-state index contributed by atoms with van der Waals surface area (Å²) >= 11 is 5.81. The van der Waals surface area contributed by atoms with Gasteiger partial charge in [0.05, 0.1) is 7.11 Å². The molecule has 0 spiro atoms. The van der Waals surface area contributed by atoms with Crippen molar-refractivity contribution < 1.29 is 9.53 Å². The van der Waals surface area contributed by atoms with E-state index in [1.807, 2.05) is 12.1 Å². The molecule has 0 aliphatic heterocycles. The number of nitrogen functional groups attached to an aromatic ring is 1. The van der Waals surface area contributed by atoms with Crippen LogP contribution in [0.15, 0.2) is 42.5 Å². The number of carbonyl (C=O) groups excluding carboxylic acids is 1. The van der Waals surface area contributed by atoms with Crippen LogP contribution in [0.5, 0.6) is 5.75 Å². The van der Waals surface area contributed by atoms with Gasteiger partial charge in [-0.05, 0) is 29.8 Å². The van der Waals surface area contributed by atoms with Crippen molar-refractivity contribution in [1.82, 2.24) is 0 Å². The molecule has 2 aromatic rings. The lowest BCUT2D eigenvalue weighted by atomic mass is 10.0. The normalized spacial score (nSPS) is 10.2. The van der Waals surface area contributed by atoms with E-state index in [1.54, 1.807) is 37.4 Å². The zero-order chi connectivity index (χ0) is 13.8. The first kappa shape index (κ1) is 13.4. The number of halogens is 1. The monoisotopic (exact) mass is 275 g/mol. The summed E-state index contributed by atoms with van der Waals surface area (Å²) in [5.41, 5.74) is 7.70. The fraction of sp³-hybridized carbons (Fsp3) is 0.133. The van der Waals surface area contributed by atoms with Crippen LogP contribution < -0.4 is 10.5 Å². The molecule has 3 nitrogen and oxygen atoms in total. The van der Waals surface area contributed by atoms with Gasteiger partial charge in [-0.15, -0.1) is 0 Å². The van der Waals surface area contributed by atoms with Gasteiger partial charge in [-0.25, -0.2) is 0 Å². The van der Waals surface area contributed by atoms with E-state index in [1.165, 1.54) is 0 Å². The zero-order valence-electron chi connectivity index (χ0n) is 10.5. The van der Waals surface area contributed by atoms with Crippen LogP contribution >= 0.6 is 11.6 Å². The van der Waals surface area contributed by atoms with Crippen molar-refractivity contribution in [2.24, 2.45) is 0 Å². The smallest absolute Gasteiger partial charge is 0.169 e. The van der Waals surface area contributed by atoms with Gasteiger partial charge in [0.25, 0.3) is 0 Å². The van der Waals surface area contributed by atoms with E-state index in [0.29, 0.717) is 28.4 Å². The maximum absolute atomic E-state index is 12.2. The number of hydrogen-bond donors (Lipinski definition) is 1. The molecule has 0 saturated heterocycles. The first-order chi connectivity index (χ1) is 9.10. The second-order valence-electron chi connectivity index (χ2n) is 4.18. The number of carbonyl (C=O) groups is 1. The molecule has 0 unspecified atom stereocenters. The van der Waals surface area contributed by atoms with Crippen LogP contribution in [0.1, 0.15) is 15.9 Å². The Balaban J connectivity index is 2.18. The molecule has 19 heavy (non-hydrogen) atoms. The molecular weight excluding hydrogens is 262 g/mol. The van der Waals surface area contributed by atoms with Gasteiger partial charge in [-0.1, -0.05) is 23.7 Å². The Hall–Kier alpha value is -2.00. The van der Waals surface area contributed by atoms with E-state index >= 15 is 0 Å². The van der Waals surface area contributed by atoms with E-state index in [9.17, 15) is 4.79 Å². The van der Waals surface area contributed by atoms with Crippen LogP contribution in [0.3, 0.4) is 0 Å². The highest BCUT2D eigenvalue weighted by Crippen LogP contribution is 2.21. The summed E-state index contributed by atoms with van der Waals surface area (Å²) in [7, 11) is 1.56. The highest BCUT2D eigenvalue weighted by Gasteiger charge is 2.11. The largest absolute Gasteiger partial charge is 0.497 e. The summed E-state index contributed by atoms with van der Waals surface area (Å²) in [5, 5.41) is 0.653. The zero-order valence-corrected chi connectivity index (χ0v) is 11.3. The minimum atomic E-state index is -0.0255. The van der Waals surface area contributed by atoms with Crippen molar-refractivity contribution in [3.8, 4) is 5.75 Å². The molecule has 2 N–H and O–H groups in total. The Morgan fingerprint density at radius 3 is 2.47 bits per heavy atom. The molecule has 0 amide bonds. The summed E-state index contributed by atoms with van der Waals surface area (Å²) < 4.78 is 5.06. The van der Waals surface area contributed by atoms with Crippen LogP contribution in [0.2, 0.25) is 5.02 Å². The maximum Gasteiger partial charge on any atom is 0.169 e. The van der Waals surface area contributed by atoms with Crippen LogP contribution in [0.25, 0.3) is 0 Å². The van der Waals surface area contributed by atoms with E-state index in [0.717, 1.165) is 5.56 Å². The fourth-order valence-corrected chi connectivity index (χ4v) is 1.93. The Morgan fingerprint density at radius 2 is 1.89 bits per heavy atom. The first-order valence-corrected chi connectivity index (χ1v) is 6.19. The molecule has 0 radical (unpaired) electrons. The van der Waals surface area contributed by atoms with Crippen LogP contribution in [-0.4, -0.2) is 12.9 Å². The van der Waals surface area contributed by atoms with Gasteiger partial charge in [0.1, 0.15) is 5.75 Å². The number of ketones is 1. The minimum Gasteiger partial charge on any atom is -0.497 e. The van der Waals surface area contributed by atoms with Gasteiger partial charge < -0.3 is 10.5 Å². The highest BCUT2D eigenvalue weighted by molar-refractivity contribution is 6.30. The second kappa shape index (κ2) is 5.76. The van der Waals surface area contributed by atoms with Crippen LogP contribution in [0, 0.1) is 0 Å². The highest BCUT2D eigenvalue weighted by atomic mass is 35.5. The van der Waals surface area contributed by atoms with E-state index < -0.39 is 0 Å². The summed E-state index contributed by atoms with van der Waals surface area (Å²) in [6.45, 7) is 0. The average molecular weight is 276 g/mol. The molecule has 0 aromatic heterocycles. The second-order valence-corrected chi connectivity index (χ2v) is 4.62. The van der Waals surface area contributed by atoms with Crippen molar-refractivity contribution >= 4 is 23.1 Å². The molecule has 4 heteroatoms. The standard InChI is InChI=1S/C15H14ClNO2/c1-19-12-6-7-13(14(17)9-12)15(18)8-10-2-4-11(16)5-3-10/h2-7,9H,8,17H2,1H3. The summed E-state index contributed by atoms with van der Waals surface area (Å²) in [5.74, 6) is 0.614. The lowest BCUT2D eigenvalue weighted by molar-refractivity contribution is 0.0994. The quantitative estimate of drug-likeness (QED) is 0.688. The number of Topliss-reactive ketones (excluding diaryl/α,β-unsaturated/α-hetero) is 1. The van der Waals surface area contributed by atoms with Crippen molar-refractivity contribution in [1.29, 1.82) is 0 Å². The maximum atomic E-state index is 12.2. The topological polar surface area (TPSA) is 52.3 Å². The van der Waals surface area contributed by atoms with Gasteiger partial charge >= 0.3 is 0 Å². The lowest BCUT2D eigenvalue weighted by Gasteiger charge is -2.07. The number of nitrogens with two attached hydrogens (primary N) is 1.